The van der Waals surface area contributed by atoms with Gasteiger partial charge in [-0.3, -0.25) is 10.1 Å². The number of benzene rings is 1. The fourth-order valence-electron chi connectivity index (χ4n) is 1.07. The molecule has 0 bridgehead atoms. The number of hydrogen-bond acceptors (Lipinski definition) is 6. The van der Waals surface area contributed by atoms with E-state index in [2.05, 4.69) is 0 Å². The van der Waals surface area contributed by atoms with E-state index in [0.29, 0.717) is 6.54 Å². The second kappa shape index (κ2) is 8.28. The van der Waals surface area contributed by atoms with Crippen molar-refractivity contribution in [3.05, 3.63) is 34.4 Å². The van der Waals surface area contributed by atoms with Gasteiger partial charge in [-0.2, -0.15) is 0 Å². The lowest BCUT2D eigenvalue weighted by atomic mass is 10.3. The molecule has 0 saturated carbocycles. The maximum absolute atomic E-state index is 11.2. The predicted molar refractivity (Wildman–Crippen MR) is 70.9 cm³/mol. The molecule has 1 rings (SSSR count). The number of halogens is 1. The highest BCUT2D eigenvalue weighted by molar-refractivity contribution is 5.85. The normalized spacial score (nSPS) is 9.63. The number of ether oxygens (including phenoxy) is 2. The Kier molecular flexibility index (Phi) is 7.47. The maximum atomic E-state index is 11.2. The van der Waals surface area contributed by atoms with Crippen molar-refractivity contribution in [2.24, 2.45) is 0 Å². The lowest BCUT2D eigenvalue weighted by Gasteiger charge is -2.09. The zero-order valence-corrected chi connectivity index (χ0v) is 11.4. The average molecular weight is 291 g/mol. The van der Waals surface area contributed by atoms with E-state index < -0.39 is 11.1 Å². The number of nitro groups is 1. The Bertz CT molecular complexity index is 422. The molecule has 106 valence electrons. The van der Waals surface area contributed by atoms with E-state index in [1.165, 1.54) is 24.3 Å². The van der Waals surface area contributed by atoms with Gasteiger partial charge in [-0.15, -0.1) is 12.4 Å². The second-order valence-electron chi connectivity index (χ2n) is 3.75. The molecule has 0 fully saturated rings. The van der Waals surface area contributed by atoms with Crippen LogP contribution in [0.5, 0.6) is 5.75 Å². The van der Waals surface area contributed by atoms with Crippen molar-refractivity contribution in [1.82, 2.24) is 4.90 Å². The van der Waals surface area contributed by atoms with Gasteiger partial charge in [-0.1, -0.05) is 0 Å². The summed E-state index contributed by atoms with van der Waals surface area (Å²) in [6, 6.07) is 5.18. The maximum Gasteiger partial charge on any atom is 0.513 e. The summed E-state index contributed by atoms with van der Waals surface area (Å²) in [7, 11) is 3.70. The third-order valence-electron chi connectivity index (χ3n) is 2.01. The lowest BCUT2D eigenvalue weighted by Crippen LogP contribution is -2.21. The van der Waals surface area contributed by atoms with Gasteiger partial charge in [0.2, 0.25) is 0 Å². The van der Waals surface area contributed by atoms with Gasteiger partial charge in [0.25, 0.3) is 5.69 Å². The van der Waals surface area contributed by atoms with Gasteiger partial charge < -0.3 is 14.4 Å². The quantitative estimate of drug-likeness (QED) is 0.357. The molecule has 0 unspecified atom stereocenters. The molecule has 0 aliphatic rings. The zero-order chi connectivity index (χ0) is 13.5. The number of hydrogen-bond donors (Lipinski definition) is 0. The predicted octanol–water partition coefficient (Wildman–Crippen LogP) is 2.09. The summed E-state index contributed by atoms with van der Waals surface area (Å²) in [5, 5.41) is 10.4. The minimum Gasteiger partial charge on any atom is -0.433 e. The summed E-state index contributed by atoms with van der Waals surface area (Å²) in [4.78, 5) is 23.0. The van der Waals surface area contributed by atoms with Crippen LogP contribution in [-0.4, -0.2) is 43.2 Å². The number of carbonyl (C=O) groups is 1. The van der Waals surface area contributed by atoms with Gasteiger partial charge in [0, 0.05) is 18.7 Å². The van der Waals surface area contributed by atoms with Crippen molar-refractivity contribution in [3.8, 4) is 5.75 Å². The van der Waals surface area contributed by atoms with Crippen LogP contribution in [0.3, 0.4) is 0 Å². The highest BCUT2D eigenvalue weighted by atomic mass is 35.5. The first kappa shape index (κ1) is 17.1. The van der Waals surface area contributed by atoms with Crippen LogP contribution in [0.2, 0.25) is 0 Å². The number of nitro benzene ring substituents is 1. The summed E-state index contributed by atoms with van der Waals surface area (Å²) in [5.74, 6) is 0.204. The third-order valence-corrected chi connectivity index (χ3v) is 2.01. The van der Waals surface area contributed by atoms with Gasteiger partial charge in [0.05, 0.1) is 4.92 Å². The topological polar surface area (TPSA) is 81.9 Å². The minimum absolute atomic E-state index is 0. The van der Waals surface area contributed by atoms with Gasteiger partial charge in [0.15, 0.2) is 0 Å². The molecule has 0 aromatic heterocycles. The van der Waals surface area contributed by atoms with Crippen molar-refractivity contribution in [3.63, 3.8) is 0 Å². The van der Waals surface area contributed by atoms with E-state index in [-0.39, 0.29) is 30.5 Å². The number of carbonyl (C=O) groups excluding carboxylic acids is 1. The molecule has 0 saturated heterocycles. The van der Waals surface area contributed by atoms with E-state index in [1.54, 1.807) is 0 Å². The van der Waals surface area contributed by atoms with Crippen LogP contribution in [0.15, 0.2) is 24.3 Å². The molecule has 0 radical (unpaired) electrons. The molecule has 1 aromatic rings. The van der Waals surface area contributed by atoms with E-state index in [1.807, 2.05) is 19.0 Å². The second-order valence-corrected chi connectivity index (χ2v) is 3.75. The number of non-ortho nitro benzene ring substituents is 1. The Labute approximate surface area is 116 Å². The molecule has 0 atom stereocenters. The Hall–Kier alpha value is -1.86. The van der Waals surface area contributed by atoms with Crippen molar-refractivity contribution in [1.29, 1.82) is 0 Å². The van der Waals surface area contributed by atoms with Crippen molar-refractivity contribution in [2.45, 2.75) is 0 Å². The Morgan fingerprint density at radius 3 is 2.37 bits per heavy atom. The summed E-state index contributed by atoms with van der Waals surface area (Å²) in [5.41, 5.74) is -0.0664. The van der Waals surface area contributed by atoms with Crippen LogP contribution < -0.4 is 4.74 Å². The Morgan fingerprint density at radius 2 is 1.89 bits per heavy atom. The molecule has 1 aromatic carbocycles. The molecule has 0 amide bonds. The molecule has 0 aliphatic carbocycles. The molecular weight excluding hydrogens is 276 g/mol. The van der Waals surface area contributed by atoms with Gasteiger partial charge in [-0.05, 0) is 26.2 Å². The van der Waals surface area contributed by atoms with Crippen LogP contribution in [0.1, 0.15) is 0 Å². The van der Waals surface area contributed by atoms with Crippen LogP contribution in [0.4, 0.5) is 10.5 Å². The molecule has 8 heteroatoms. The largest absolute Gasteiger partial charge is 0.513 e. The highest BCUT2D eigenvalue weighted by Crippen LogP contribution is 2.17. The number of likely N-dealkylation sites (N-methyl/N-ethyl adjacent to an activating group) is 1. The molecule has 0 N–H and O–H groups in total. The van der Waals surface area contributed by atoms with Crippen LogP contribution in [0.25, 0.3) is 0 Å². The molecule has 0 aliphatic heterocycles. The molecule has 19 heavy (non-hydrogen) atoms. The summed E-state index contributed by atoms with van der Waals surface area (Å²) in [6.07, 6.45) is -0.828. The average Bonchev–Trinajstić information content (AvgIpc) is 2.29. The fraction of sp³-hybridized carbons (Fsp3) is 0.364. The molecule has 7 nitrogen and oxygen atoms in total. The first-order valence-electron chi connectivity index (χ1n) is 5.23. The van der Waals surface area contributed by atoms with Crippen molar-refractivity contribution < 1.29 is 19.2 Å². The van der Waals surface area contributed by atoms with E-state index in [9.17, 15) is 14.9 Å². The molecule has 0 heterocycles. The first-order valence-corrected chi connectivity index (χ1v) is 5.23. The van der Waals surface area contributed by atoms with Gasteiger partial charge >= 0.3 is 6.16 Å². The van der Waals surface area contributed by atoms with Crippen LogP contribution in [-0.2, 0) is 4.74 Å². The molecule has 0 spiro atoms. The number of nitrogens with zero attached hydrogens (tertiary/aromatic N) is 2. The van der Waals surface area contributed by atoms with Crippen LogP contribution in [0, 0.1) is 10.1 Å². The lowest BCUT2D eigenvalue weighted by molar-refractivity contribution is -0.384. The van der Waals surface area contributed by atoms with Gasteiger partial charge in [-0.25, -0.2) is 4.79 Å². The van der Waals surface area contributed by atoms with E-state index >= 15 is 0 Å². The van der Waals surface area contributed by atoms with Crippen molar-refractivity contribution >= 4 is 24.2 Å². The smallest absolute Gasteiger partial charge is 0.433 e. The summed E-state index contributed by atoms with van der Waals surface area (Å²) >= 11 is 0. The highest BCUT2D eigenvalue weighted by Gasteiger charge is 2.08. The van der Waals surface area contributed by atoms with Crippen LogP contribution >= 0.6 is 12.4 Å². The monoisotopic (exact) mass is 290 g/mol. The SMILES string of the molecule is CN(C)CCOC(=O)Oc1ccc([N+](=O)[O-])cc1.Cl. The van der Waals surface area contributed by atoms with Gasteiger partial charge in [0.1, 0.15) is 12.4 Å². The fourth-order valence-corrected chi connectivity index (χ4v) is 1.07. The van der Waals surface area contributed by atoms with Crippen molar-refractivity contribution in [2.75, 3.05) is 27.2 Å². The Morgan fingerprint density at radius 1 is 1.32 bits per heavy atom. The summed E-state index contributed by atoms with van der Waals surface area (Å²) < 4.78 is 9.63. The Balaban J connectivity index is 0.00000324. The standard InChI is InChI=1S/C11H14N2O5.ClH/c1-12(2)7-8-17-11(14)18-10-5-3-9(4-6-10)13(15)16;/h3-6H,7-8H2,1-2H3;1H. The van der Waals surface area contributed by atoms with E-state index in [4.69, 9.17) is 9.47 Å². The summed E-state index contributed by atoms with van der Waals surface area (Å²) in [6.45, 7) is 0.814. The zero-order valence-electron chi connectivity index (χ0n) is 10.6. The molecular formula is C11H15ClN2O5. The number of rotatable bonds is 5. The third kappa shape index (κ3) is 6.58. The minimum atomic E-state index is -0.828. The van der Waals surface area contributed by atoms with E-state index in [0.717, 1.165) is 0 Å². The first-order chi connectivity index (χ1) is 8.49.